The van der Waals surface area contributed by atoms with Crippen molar-refractivity contribution in [3.63, 3.8) is 0 Å². The lowest BCUT2D eigenvalue weighted by molar-refractivity contribution is 0.0251. The van der Waals surface area contributed by atoms with E-state index in [0.29, 0.717) is 33.4 Å². The van der Waals surface area contributed by atoms with Crippen LogP contribution in [0.15, 0.2) is 60.7 Å². The number of rotatable bonds is 4. The molecule has 0 bridgehead atoms. The number of hydrogen-bond acceptors (Lipinski definition) is 5. The van der Waals surface area contributed by atoms with Crippen molar-refractivity contribution >= 4 is 13.8 Å². The molecule has 1 atom stereocenters. The summed E-state index contributed by atoms with van der Waals surface area (Å²) in [5.74, 6) is -0.334. The van der Waals surface area contributed by atoms with E-state index in [1.54, 1.807) is 68.4 Å². The van der Waals surface area contributed by atoms with Gasteiger partial charge in [-0.3, -0.25) is 9.79 Å². The Morgan fingerprint density at radius 2 is 1.57 bits per heavy atom. The third-order valence-corrected chi connectivity index (χ3v) is 5.61. The van der Waals surface area contributed by atoms with Crippen LogP contribution in [0.4, 0.5) is 0 Å². The van der Waals surface area contributed by atoms with Crippen molar-refractivity contribution < 1.29 is 33.5 Å². The number of carbonyl (C=O) groups excluding carboxylic acids is 1. The second-order valence-electron chi connectivity index (χ2n) is 7.18. The zero-order chi connectivity index (χ0) is 21.7. The van der Waals surface area contributed by atoms with E-state index in [2.05, 4.69) is 0 Å². The molecule has 154 valence electrons. The topological polar surface area (TPSA) is 113 Å². The Kier molecular flexibility index (Phi) is 4.70. The Labute approximate surface area is 172 Å². The van der Waals surface area contributed by atoms with Crippen LogP contribution in [0.2, 0.25) is 0 Å². The number of phosphoric ester groups is 1. The standard InChI is InChI=1S/C22H19O7P/c1-13-11-15(7-9-19(13)23)22(18-6-4-3-5-17(18)21(24)28-22)16-8-10-20(14(2)12-16)29-30(25,26)27/h3-12,23H,1-2H3,(H2,25,26,27). The Morgan fingerprint density at radius 1 is 0.933 bits per heavy atom. The van der Waals surface area contributed by atoms with E-state index in [9.17, 15) is 14.5 Å². The van der Waals surface area contributed by atoms with Gasteiger partial charge >= 0.3 is 13.8 Å². The molecule has 30 heavy (non-hydrogen) atoms. The Balaban J connectivity index is 1.97. The lowest BCUT2D eigenvalue weighted by Crippen LogP contribution is -2.29. The largest absolute Gasteiger partial charge is 0.524 e. The molecule has 0 amide bonds. The molecule has 0 aliphatic carbocycles. The molecule has 0 aromatic heterocycles. The summed E-state index contributed by atoms with van der Waals surface area (Å²) in [5.41, 5.74) is 2.09. The van der Waals surface area contributed by atoms with Crippen molar-refractivity contribution in [1.29, 1.82) is 0 Å². The highest BCUT2D eigenvalue weighted by atomic mass is 31.2. The molecule has 0 spiro atoms. The maximum atomic E-state index is 12.7. The minimum Gasteiger partial charge on any atom is -0.508 e. The summed E-state index contributed by atoms with van der Waals surface area (Å²) in [6.45, 7) is 3.39. The van der Waals surface area contributed by atoms with Gasteiger partial charge in [0.1, 0.15) is 11.5 Å². The van der Waals surface area contributed by atoms with E-state index in [1.165, 1.54) is 6.07 Å². The van der Waals surface area contributed by atoms with Crippen LogP contribution < -0.4 is 4.52 Å². The zero-order valence-corrected chi connectivity index (χ0v) is 17.1. The summed E-state index contributed by atoms with van der Waals surface area (Å²) in [7, 11) is -4.72. The van der Waals surface area contributed by atoms with E-state index in [1.807, 2.05) is 0 Å². The molecular formula is C22H19O7P. The summed E-state index contributed by atoms with van der Waals surface area (Å²) in [6, 6.07) is 16.7. The van der Waals surface area contributed by atoms with Crippen molar-refractivity contribution in [3.8, 4) is 11.5 Å². The molecule has 0 saturated carbocycles. The van der Waals surface area contributed by atoms with Gasteiger partial charge in [0.2, 0.25) is 0 Å². The quantitative estimate of drug-likeness (QED) is 0.428. The molecular weight excluding hydrogens is 407 g/mol. The van der Waals surface area contributed by atoms with Gasteiger partial charge in [-0.1, -0.05) is 30.3 Å². The van der Waals surface area contributed by atoms with Crippen LogP contribution in [0, 0.1) is 13.8 Å². The molecule has 3 aromatic carbocycles. The Morgan fingerprint density at radius 3 is 2.20 bits per heavy atom. The van der Waals surface area contributed by atoms with Gasteiger partial charge in [0.05, 0.1) is 5.56 Å². The highest BCUT2D eigenvalue weighted by Crippen LogP contribution is 2.49. The fraction of sp³-hybridized carbons (Fsp3) is 0.136. The summed E-state index contributed by atoms with van der Waals surface area (Å²) < 4.78 is 21.9. The van der Waals surface area contributed by atoms with Crippen LogP contribution in [0.3, 0.4) is 0 Å². The molecule has 4 rings (SSSR count). The maximum absolute atomic E-state index is 12.7. The number of fused-ring (bicyclic) bond motifs is 1. The van der Waals surface area contributed by atoms with Gasteiger partial charge in [-0.05, 0) is 55.3 Å². The molecule has 3 N–H and O–H groups in total. The highest BCUT2D eigenvalue weighted by molar-refractivity contribution is 7.46. The van der Waals surface area contributed by atoms with Gasteiger partial charge in [0.15, 0.2) is 5.60 Å². The number of ether oxygens (including phenoxy) is 1. The molecule has 1 unspecified atom stereocenters. The lowest BCUT2D eigenvalue weighted by atomic mass is 9.79. The zero-order valence-electron chi connectivity index (χ0n) is 16.2. The number of phosphoric acid groups is 1. The van der Waals surface area contributed by atoms with Crippen LogP contribution >= 0.6 is 7.82 Å². The van der Waals surface area contributed by atoms with Crippen LogP contribution in [0.5, 0.6) is 11.5 Å². The minimum absolute atomic E-state index is 0.0294. The second-order valence-corrected chi connectivity index (χ2v) is 8.34. The van der Waals surface area contributed by atoms with Gasteiger partial charge in [0, 0.05) is 16.7 Å². The van der Waals surface area contributed by atoms with Crippen LogP contribution in [-0.2, 0) is 14.9 Å². The smallest absolute Gasteiger partial charge is 0.508 e. The molecule has 1 aliphatic heterocycles. The summed E-state index contributed by atoms with van der Waals surface area (Å²) in [4.78, 5) is 31.0. The predicted octanol–water partition coefficient (Wildman–Crippen LogP) is 3.94. The average Bonchev–Trinajstić information content (AvgIpc) is 2.99. The van der Waals surface area contributed by atoms with Crippen LogP contribution in [-0.4, -0.2) is 20.9 Å². The molecule has 0 saturated heterocycles. The van der Waals surface area contributed by atoms with Gasteiger partial charge < -0.3 is 14.4 Å². The molecule has 3 aromatic rings. The highest BCUT2D eigenvalue weighted by Gasteiger charge is 2.48. The van der Waals surface area contributed by atoms with Crippen molar-refractivity contribution in [2.45, 2.75) is 19.4 Å². The van der Waals surface area contributed by atoms with Crippen molar-refractivity contribution in [3.05, 3.63) is 94.0 Å². The number of carbonyl (C=O) groups is 1. The summed E-state index contributed by atoms with van der Waals surface area (Å²) in [5, 5.41) is 9.98. The van der Waals surface area contributed by atoms with Crippen molar-refractivity contribution in [1.82, 2.24) is 0 Å². The first-order valence-electron chi connectivity index (χ1n) is 9.11. The normalized spacial score (nSPS) is 18.1. The number of esters is 1. The van der Waals surface area contributed by atoms with E-state index < -0.39 is 19.4 Å². The first-order chi connectivity index (χ1) is 14.1. The number of hydrogen-bond donors (Lipinski definition) is 3. The van der Waals surface area contributed by atoms with E-state index in [-0.39, 0.29) is 11.5 Å². The monoisotopic (exact) mass is 426 g/mol. The van der Waals surface area contributed by atoms with E-state index in [0.717, 1.165) is 0 Å². The average molecular weight is 426 g/mol. The molecule has 1 aliphatic rings. The van der Waals surface area contributed by atoms with E-state index in [4.69, 9.17) is 19.0 Å². The SMILES string of the molecule is Cc1cc(C2(c3ccc(OP(=O)(O)O)c(C)c3)OC(=O)c3ccccc32)ccc1O. The molecule has 1 heterocycles. The predicted molar refractivity (Wildman–Crippen MR) is 108 cm³/mol. The minimum atomic E-state index is -4.72. The maximum Gasteiger partial charge on any atom is 0.524 e. The van der Waals surface area contributed by atoms with Gasteiger partial charge in [-0.15, -0.1) is 0 Å². The summed E-state index contributed by atoms with van der Waals surface area (Å²) >= 11 is 0. The number of phenols is 1. The fourth-order valence-electron chi connectivity index (χ4n) is 3.79. The number of aromatic hydroxyl groups is 1. The number of aryl methyl sites for hydroxylation is 2. The number of benzene rings is 3. The number of phenolic OH excluding ortho intramolecular Hbond substituents is 1. The molecule has 0 fully saturated rings. The van der Waals surface area contributed by atoms with Crippen LogP contribution in [0.1, 0.15) is 38.2 Å². The number of cyclic esters (lactones) is 1. The fourth-order valence-corrected chi connectivity index (χ4v) is 4.25. The molecule has 7 nitrogen and oxygen atoms in total. The van der Waals surface area contributed by atoms with Crippen molar-refractivity contribution in [2.75, 3.05) is 0 Å². The third-order valence-electron chi connectivity index (χ3n) is 5.17. The first-order valence-corrected chi connectivity index (χ1v) is 10.6. The Hall–Kier alpha value is -3.12. The third kappa shape index (κ3) is 3.27. The van der Waals surface area contributed by atoms with Gasteiger partial charge in [-0.25, -0.2) is 9.36 Å². The second kappa shape index (κ2) is 6.99. The van der Waals surface area contributed by atoms with Crippen LogP contribution in [0.25, 0.3) is 0 Å². The van der Waals surface area contributed by atoms with Gasteiger partial charge in [0.25, 0.3) is 0 Å². The van der Waals surface area contributed by atoms with Gasteiger partial charge in [-0.2, -0.15) is 0 Å². The molecule has 8 heteroatoms. The summed E-state index contributed by atoms with van der Waals surface area (Å²) in [6.07, 6.45) is 0. The van der Waals surface area contributed by atoms with E-state index >= 15 is 0 Å². The van der Waals surface area contributed by atoms with Crippen molar-refractivity contribution in [2.24, 2.45) is 0 Å². The lowest BCUT2D eigenvalue weighted by Gasteiger charge is -2.31. The molecule has 0 radical (unpaired) electrons. The first kappa shape index (κ1) is 20.2. The Bertz CT molecular complexity index is 1210.